The van der Waals surface area contributed by atoms with Crippen LogP contribution in [0.5, 0.6) is 0 Å². The fraction of sp³-hybridized carbons (Fsp3) is 0.357. The quantitative estimate of drug-likeness (QED) is 0.671. The first kappa shape index (κ1) is 11.7. The molecule has 0 N–H and O–H groups in total. The third kappa shape index (κ3) is 3.05. The highest BCUT2D eigenvalue weighted by Gasteiger charge is 2.05. The second-order valence-corrected chi connectivity index (χ2v) is 4.24. The fourth-order valence-electron chi connectivity index (χ4n) is 1.58. The highest BCUT2D eigenvalue weighted by atomic mass is 14.7. The maximum Gasteiger partial charge on any atom is 0.0661 e. The van der Waals surface area contributed by atoms with E-state index in [1.165, 1.54) is 11.1 Å². The molecule has 1 aromatic heterocycles. The van der Waals surface area contributed by atoms with Crippen molar-refractivity contribution in [1.29, 1.82) is 0 Å². The molecule has 0 aliphatic heterocycles. The molecule has 0 atom stereocenters. The molecule has 15 heavy (non-hydrogen) atoms. The van der Waals surface area contributed by atoms with Crippen LogP contribution >= 0.6 is 0 Å². The van der Waals surface area contributed by atoms with Crippen molar-refractivity contribution < 1.29 is 0 Å². The number of allylic oxidation sites excluding steroid dienone is 2. The lowest BCUT2D eigenvalue weighted by atomic mass is 9.97. The lowest BCUT2D eigenvalue weighted by Gasteiger charge is -2.10. The summed E-state index contributed by atoms with van der Waals surface area (Å²) in [7, 11) is 0. The van der Waals surface area contributed by atoms with Crippen molar-refractivity contribution in [2.24, 2.45) is 0 Å². The summed E-state index contributed by atoms with van der Waals surface area (Å²) in [5.74, 6) is 0.546. The van der Waals surface area contributed by atoms with E-state index in [2.05, 4.69) is 38.4 Å². The molecule has 1 nitrogen and oxygen atoms in total. The Morgan fingerprint density at radius 1 is 1.47 bits per heavy atom. The van der Waals surface area contributed by atoms with Crippen LogP contribution < -0.4 is 0 Å². The molecule has 0 saturated heterocycles. The van der Waals surface area contributed by atoms with Gasteiger partial charge in [0, 0.05) is 6.20 Å². The Balaban J connectivity index is 3.10. The lowest BCUT2D eigenvalue weighted by Crippen LogP contribution is -1.96. The van der Waals surface area contributed by atoms with Crippen molar-refractivity contribution in [1.82, 2.24) is 4.98 Å². The number of nitrogens with zero attached hydrogens (tertiary/aromatic N) is 1. The van der Waals surface area contributed by atoms with Crippen LogP contribution in [0.4, 0.5) is 0 Å². The van der Waals surface area contributed by atoms with E-state index in [1.54, 1.807) is 0 Å². The van der Waals surface area contributed by atoms with Crippen LogP contribution in [0.3, 0.4) is 0 Å². The van der Waals surface area contributed by atoms with Crippen LogP contribution in [0.15, 0.2) is 30.5 Å². The summed E-state index contributed by atoms with van der Waals surface area (Å²) >= 11 is 0. The zero-order valence-corrected chi connectivity index (χ0v) is 10.0. The molecule has 80 valence electrons. The highest BCUT2D eigenvalue weighted by molar-refractivity contribution is 5.54. The van der Waals surface area contributed by atoms with E-state index >= 15 is 0 Å². The Morgan fingerprint density at radius 3 is 2.67 bits per heavy atom. The first-order valence-corrected chi connectivity index (χ1v) is 5.31. The van der Waals surface area contributed by atoms with Gasteiger partial charge in [-0.05, 0) is 43.0 Å². The molecule has 1 aromatic rings. The molecule has 0 amide bonds. The summed E-state index contributed by atoms with van der Waals surface area (Å²) in [5.41, 5.74) is 4.73. The minimum absolute atomic E-state index is 0.546. The molecule has 0 aliphatic carbocycles. The predicted molar refractivity (Wildman–Crippen MR) is 66.9 cm³/mol. The van der Waals surface area contributed by atoms with Gasteiger partial charge in [0.2, 0.25) is 0 Å². The van der Waals surface area contributed by atoms with Crippen molar-refractivity contribution >= 4 is 6.08 Å². The van der Waals surface area contributed by atoms with Gasteiger partial charge >= 0.3 is 0 Å². The van der Waals surface area contributed by atoms with Gasteiger partial charge in [-0.15, -0.1) is 0 Å². The molecule has 1 heteroatoms. The first-order chi connectivity index (χ1) is 7.02. The third-order valence-corrected chi connectivity index (χ3v) is 2.43. The summed E-state index contributed by atoms with van der Waals surface area (Å²) in [6, 6.07) is 2.10. The minimum Gasteiger partial charge on any atom is -0.257 e. The van der Waals surface area contributed by atoms with Crippen LogP contribution in [-0.2, 0) is 0 Å². The molecule has 0 aliphatic rings. The van der Waals surface area contributed by atoms with Gasteiger partial charge in [-0.25, -0.2) is 0 Å². The average Bonchev–Trinajstić information content (AvgIpc) is 2.15. The van der Waals surface area contributed by atoms with E-state index < -0.39 is 0 Å². The Bertz CT molecular complexity index is 386. The van der Waals surface area contributed by atoms with Gasteiger partial charge in [0.1, 0.15) is 0 Å². The predicted octanol–water partition coefficient (Wildman–Crippen LogP) is 4.10. The summed E-state index contributed by atoms with van der Waals surface area (Å²) in [4.78, 5) is 4.37. The minimum atomic E-state index is 0.546. The van der Waals surface area contributed by atoms with Gasteiger partial charge in [-0.2, -0.15) is 0 Å². The molecule has 0 saturated carbocycles. The zero-order chi connectivity index (χ0) is 11.4. The van der Waals surface area contributed by atoms with E-state index in [0.717, 1.165) is 11.3 Å². The van der Waals surface area contributed by atoms with Crippen molar-refractivity contribution in [3.63, 3.8) is 0 Å². The van der Waals surface area contributed by atoms with E-state index in [0.29, 0.717) is 5.92 Å². The maximum atomic E-state index is 4.37. The van der Waals surface area contributed by atoms with Crippen molar-refractivity contribution in [2.45, 2.75) is 33.6 Å². The monoisotopic (exact) mass is 201 g/mol. The molecule has 0 spiro atoms. The Morgan fingerprint density at radius 2 is 2.13 bits per heavy atom. The molecule has 0 aromatic carbocycles. The lowest BCUT2D eigenvalue weighted by molar-refractivity contribution is 0.850. The summed E-state index contributed by atoms with van der Waals surface area (Å²) in [6.07, 6.45) is 5.91. The van der Waals surface area contributed by atoms with Crippen molar-refractivity contribution in [3.8, 4) is 0 Å². The Kier molecular flexibility index (Phi) is 3.84. The van der Waals surface area contributed by atoms with E-state index in [-0.39, 0.29) is 0 Å². The van der Waals surface area contributed by atoms with Crippen LogP contribution in [0.1, 0.15) is 43.5 Å². The topological polar surface area (TPSA) is 12.9 Å². The Hall–Kier alpha value is -1.37. The fourth-order valence-corrected chi connectivity index (χ4v) is 1.58. The molecule has 0 bridgehead atoms. The number of hydrogen-bond donors (Lipinski definition) is 0. The summed E-state index contributed by atoms with van der Waals surface area (Å²) in [6.45, 7) is 12.4. The van der Waals surface area contributed by atoms with Crippen molar-refractivity contribution in [3.05, 3.63) is 47.3 Å². The third-order valence-electron chi connectivity index (χ3n) is 2.43. The van der Waals surface area contributed by atoms with Crippen LogP contribution in [0, 0.1) is 6.92 Å². The van der Waals surface area contributed by atoms with Gasteiger partial charge < -0.3 is 0 Å². The van der Waals surface area contributed by atoms with Gasteiger partial charge in [-0.1, -0.05) is 32.1 Å². The highest BCUT2D eigenvalue weighted by Crippen LogP contribution is 2.21. The van der Waals surface area contributed by atoms with E-state index in [9.17, 15) is 0 Å². The smallest absolute Gasteiger partial charge is 0.0661 e. The van der Waals surface area contributed by atoms with Gasteiger partial charge in [0.15, 0.2) is 0 Å². The summed E-state index contributed by atoms with van der Waals surface area (Å²) < 4.78 is 0. The van der Waals surface area contributed by atoms with E-state index in [4.69, 9.17) is 0 Å². The number of rotatable bonds is 3. The summed E-state index contributed by atoms with van der Waals surface area (Å²) in [5, 5.41) is 0. The Labute approximate surface area is 92.6 Å². The molecular weight excluding hydrogens is 182 g/mol. The molecule has 1 heterocycles. The van der Waals surface area contributed by atoms with E-state index in [1.807, 2.05) is 25.3 Å². The van der Waals surface area contributed by atoms with Crippen LogP contribution in [0.2, 0.25) is 0 Å². The first-order valence-electron chi connectivity index (χ1n) is 5.31. The van der Waals surface area contributed by atoms with Crippen molar-refractivity contribution in [2.75, 3.05) is 0 Å². The van der Waals surface area contributed by atoms with Crippen LogP contribution in [0.25, 0.3) is 6.08 Å². The second kappa shape index (κ2) is 4.92. The largest absolute Gasteiger partial charge is 0.257 e. The average molecular weight is 201 g/mol. The molecule has 0 unspecified atom stereocenters. The number of pyridine rings is 1. The SMILES string of the molecule is C=C(C)/C=C\c1nccc(C(C)C)c1C. The maximum absolute atomic E-state index is 4.37. The molecule has 0 radical (unpaired) electrons. The van der Waals surface area contributed by atoms with Gasteiger partial charge in [0.25, 0.3) is 0 Å². The number of aromatic nitrogens is 1. The van der Waals surface area contributed by atoms with Gasteiger partial charge in [0.05, 0.1) is 5.69 Å². The molecular formula is C14H19N. The molecule has 1 rings (SSSR count). The standard InChI is InChI=1S/C14H19N/c1-10(2)6-7-14-12(5)13(11(3)4)8-9-15-14/h6-9,11H,1H2,2-5H3/b7-6-. The second-order valence-electron chi connectivity index (χ2n) is 4.24. The zero-order valence-electron chi connectivity index (χ0n) is 10.0. The van der Waals surface area contributed by atoms with Gasteiger partial charge in [-0.3, -0.25) is 4.98 Å². The van der Waals surface area contributed by atoms with Crippen LogP contribution in [-0.4, -0.2) is 4.98 Å². The number of hydrogen-bond acceptors (Lipinski definition) is 1. The normalized spacial score (nSPS) is 11.3. The molecule has 0 fully saturated rings.